The predicted octanol–water partition coefficient (Wildman–Crippen LogP) is 1.18. The highest BCUT2D eigenvalue weighted by atomic mass is 16.5. The third-order valence-corrected chi connectivity index (χ3v) is 1.27. The van der Waals surface area contributed by atoms with Gasteiger partial charge in [0.1, 0.15) is 0 Å². The summed E-state index contributed by atoms with van der Waals surface area (Å²) in [5, 5.41) is 0. The first-order valence-corrected chi connectivity index (χ1v) is 3.24. The van der Waals surface area contributed by atoms with Crippen LogP contribution in [-0.4, -0.2) is 19.8 Å². The monoisotopic (exact) mass is 128 g/mol. The number of allylic oxidation sites excluding steroid dienone is 1. The molecule has 1 aliphatic heterocycles. The van der Waals surface area contributed by atoms with Crippen molar-refractivity contribution in [2.45, 2.75) is 6.92 Å². The molecule has 2 nitrogen and oxygen atoms in total. The summed E-state index contributed by atoms with van der Waals surface area (Å²) in [6.07, 6.45) is 3.61. The summed E-state index contributed by atoms with van der Waals surface area (Å²) in [4.78, 5) is 0. The minimum Gasteiger partial charge on any atom is -0.501 e. The van der Waals surface area contributed by atoms with E-state index in [1.54, 1.807) is 6.26 Å². The molecule has 0 spiro atoms. The first kappa shape index (κ1) is 6.62. The number of hydrogen-bond donors (Lipinski definition) is 0. The molecule has 1 heterocycles. The Kier molecular flexibility index (Phi) is 2.58. The van der Waals surface area contributed by atoms with Crippen molar-refractivity contribution in [2.24, 2.45) is 5.92 Å². The number of ether oxygens (including phenoxy) is 2. The molecule has 0 aromatic carbocycles. The van der Waals surface area contributed by atoms with Crippen molar-refractivity contribution in [3.63, 3.8) is 0 Å². The van der Waals surface area contributed by atoms with Crippen molar-refractivity contribution in [2.75, 3.05) is 19.8 Å². The fourth-order valence-electron chi connectivity index (χ4n) is 0.669. The second-order valence-corrected chi connectivity index (χ2v) is 2.21. The zero-order chi connectivity index (χ0) is 6.53. The van der Waals surface area contributed by atoms with Crippen molar-refractivity contribution in [3.05, 3.63) is 12.3 Å². The summed E-state index contributed by atoms with van der Waals surface area (Å²) < 4.78 is 10.1. The lowest BCUT2D eigenvalue weighted by Gasteiger charge is -2.24. The van der Waals surface area contributed by atoms with Crippen molar-refractivity contribution >= 4 is 0 Å². The summed E-state index contributed by atoms with van der Waals surface area (Å²) >= 11 is 0. The molecule has 0 saturated carbocycles. The normalized spacial score (nSPS) is 20.1. The molecule has 1 saturated heterocycles. The van der Waals surface area contributed by atoms with E-state index in [4.69, 9.17) is 9.47 Å². The molecule has 0 radical (unpaired) electrons. The molecule has 9 heavy (non-hydrogen) atoms. The number of rotatable bonds is 3. The first-order chi connectivity index (χ1) is 4.43. The summed E-state index contributed by atoms with van der Waals surface area (Å²) in [7, 11) is 0. The van der Waals surface area contributed by atoms with Crippen LogP contribution in [0, 0.1) is 5.92 Å². The Hall–Kier alpha value is -0.500. The van der Waals surface area contributed by atoms with Crippen LogP contribution < -0.4 is 0 Å². The van der Waals surface area contributed by atoms with E-state index in [1.165, 1.54) is 0 Å². The van der Waals surface area contributed by atoms with Crippen LogP contribution in [0.2, 0.25) is 0 Å². The molecule has 0 amide bonds. The maximum Gasteiger partial charge on any atom is 0.0945 e. The van der Waals surface area contributed by atoms with Crippen LogP contribution >= 0.6 is 0 Å². The van der Waals surface area contributed by atoms with Crippen LogP contribution in [0.3, 0.4) is 0 Å². The van der Waals surface area contributed by atoms with Crippen LogP contribution in [-0.2, 0) is 9.47 Å². The lowest BCUT2D eigenvalue weighted by Crippen LogP contribution is -2.30. The molecule has 0 N–H and O–H groups in total. The zero-order valence-corrected chi connectivity index (χ0v) is 5.67. The maximum absolute atomic E-state index is 5.13. The Morgan fingerprint density at radius 1 is 1.67 bits per heavy atom. The van der Waals surface area contributed by atoms with Gasteiger partial charge in [0.2, 0.25) is 0 Å². The molecule has 0 unspecified atom stereocenters. The smallest absolute Gasteiger partial charge is 0.0945 e. The summed E-state index contributed by atoms with van der Waals surface area (Å²) in [5.74, 6) is 0.640. The van der Waals surface area contributed by atoms with Crippen LogP contribution in [0.5, 0.6) is 0 Å². The van der Waals surface area contributed by atoms with E-state index in [2.05, 4.69) is 0 Å². The Morgan fingerprint density at radius 3 is 2.89 bits per heavy atom. The van der Waals surface area contributed by atoms with E-state index >= 15 is 0 Å². The van der Waals surface area contributed by atoms with Gasteiger partial charge in [-0.1, -0.05) is 6.08 Å². The predicted molar refractivity (Wildman–Crippen MR) is 35.1 cm³/mol. The van der Waals surface area contributed by atoms with E-state index < -0.39 is 0 Å². The average molecular weight is 128 g/mol. The lowest BCUT2D eigenvalue weighted by molar-refractivity contribution is -0.0578. The SMILES string of the molecule is CC=COCC1COC1. The molecule has 2 heteroatoms. The van der Waals surface area contributed by atoms with Crippen molar-refractivity contribution in [3.8, 4) is 0 Å². The van der Waals surface area contributed by atoms with Gasteiger partial charge in [0.05, 0.1) is 26.1 Å². The van der Waals surface area contributed by atoms with Gasteiger partial charge >= 0.3 is 0 Å². The fraction of sp³-hybridized carbons (Fsp3) is 0.714. The molecule has 0 aromatic rings. The van der Waals surface area contributed by atoms with E-state index in [0.717, 1.165) is 19.8 Å². The van der Waals surface area contributed by atoms with Crippen molar-refractivity contribution in [1.29, 1.82) is 0 Å². The molecule has 1 rings (SSSR count). The van der Waals surface area contributed by atoms with Crippen LogP contribution in [0.1, 0.15) is 6.92 Å². The molecular weight excluding hydrogens is 116 g/mol. The van der Waals surface area contributed by atoms with Crippen molar-refractivity contribution in [1.82, 2.24) is 0 Å². The molecule has 0 atom stereocenters. The average Bonchev–Trinajstić information content (AvgIpc) is 1.76. The fourth-order valence-corrected chi connectivity index (χ4v) is 0.669. The van der Waals surface area contributed by atoms with Crippen LogP contribution in [0.15, 0.2) is 12.3 Å². The highest BCUT2D eigenvalue weighted by Crippen LogP contribution is 2.09. The Labute approximate surface area is 55.5 Å². The minimum atomic E-state index is 0.640. The third-order valence-electron chi connectivity index (χ3n) is 1.27. The Balaban J connectivity index is 1.91. The highest BCUT2D eigenvalue weighted by Gasteiger charge is 2.17. The van der Waals surface area contributed by atoms with Gasteiger partial charge < -0.3 is 9.47 Å². The molecule has 0 bridgehead atoms. The maximum atomic E-state index is 5.13. The lowest BCUT2D eigenvalue weighted by atomic mass is 10.1. The van der Waals surface area contributed by atoms with Gasteiger partial charge in [-0.2, -0.15) is 0 Å². The summed E-state index contributed by atoms with van der Waals surface area (Å²) in [6.45, 7) is 4.50. The van der Waals surface area contributed by atoms with Crippen LogP contribution in [0.25, 0.3) is 0 Å². The second-order valence-electron chi connectivity index (χ2n) is 2.21. The Bertz CT molecular complexity index is 95.1. The summed E-state index contributed by atoms with van der Waals surface area (Å²) in [5.41, 5.74) is 0. The highest BCUT2D eigenvalue weighted by molar-refractivity contribution is 4.69. The minimum absolute atomic E-state index is 0.640. The van der Waals surface area contributed by atoms with Crippen LogP contribution in [0.4, 0.5) is 0 Å². The second kappa shape index (κ2) is 3.51. The van der Waals surface area contributed by atoms with E-state index in [9.17, 15) is 0 Å². The van der Waals surface area contributed by atoms with Gasteiger partial charge in [-0.15, -0.1) is 0 Å². The number of hydrogen-bond acceptors (Lipinski definition) is 2. The van der Waals surface area contributed by atoms with Gasteiger partial charge in [-0.3, -0.25) is 0 Å². The van der Waals surface area contributed by atoms with Gasteiger partial charge in [0, 0.05) is 5.92 Å². The van der Waals surface area contributed by atoms with Gasteiger partial charge in [0.25, 0.3) is 0 Å². The summed E-state index contributed by atoms with van der Waals surface area (Å²) in [6, 6.07) is 0. The molecule has 0 aromatic heterocycles. The van der Waals surface area contributed by atoms with E-state index in [1.807, 2.05) is 13.0 Å². The van der Waals surface area contributed by atoms with Crippen molar-refractivity contribution < 1.29 is 9.47 Å². The third kappa shape index (κ3) is 2.06. The molecular formula is C7H12O2. The largest absolute Gasteiger partial charge is 0.501 e. The van der Waals surface area contributed by atoms with Gasteiger partial charge in [0.15, 0.2) is 0 Å². The van der Waals surface area contributed by atoms with Gasteiger partial charge in [-0.05, 0) is 6.92 Å². The van der Waals surface area contributed by atoms with E-state index in [0.29, 0.717) is 5.92 Å². The Morgan fingerprint density at radius 2 is 2.44 bits per heavy atom. The van der Waals surface area contributed by atoms with Gasteiger partial charge in [-0.25, -0.2) is 0 Å². The standard InChI is InChI=1S/C7H12O2/c1-2-3-8-4-7-5-9-6-7/h2-3,7H,4-6H2,1H3. The molecule has 0 aliphatic carbocycles. The first-order valence-electron chi connectivity index (χ1n) is 3.24. The van der Waals surface area contributed by atoms with E-state index in [-0.39, 0.29) is 0 Å². The molecule has 52 valence electrons. The zero-order valence-electron chi connectivity index (χ0n) is 5.67. The molecule has 1 aliphatic rings. The topological polar surface area (TPSA) is 18.5 Å². The quantitative estimate of drug-likeness (QED) is 0.531. The molecule has 1 fully saturated rings.